The van der Waals surface area contributed by atoms with Crippen LogP contribution in [-0.4, -0.2) is 18.0 Å². The van der Waals surface area contributed by atoms with E-state index in [1.807, 2.05) is 6.92 Å². The number of aryl methyl sites for hydroxylation is 1. The highest BCUT2D eigenvalue weighted by molar-refractivity contribution is 7.07. The summed E-state index contributed by atoms with van der Waals surface area (Å²) in [6.07, 6.45) is 1.92. The van der Waals surface area contributed by atoms with Gasteiger partial charge in [-0.15, -0.1) is 0 Å². The smallest absolute Gasteiger partial charge is 0.218 e. The SMILES string of the molecule is CC(CCc1ccsc1)N=C(N)N=C(N)N. The molecule has 0 fully saturated rings. The molecule has 1 aromatic heterocycles. The van der Waals surface area contributed by atoms with Gasteiger partial charge in [-0.2, -0.15) is 16.3 Å². The van der Waals surface area contributed by atoms with Crippen molar-refractivity contribution in [2.24, 2.45) is 27.2 Å². The van der Waals surface area contributed by atoms with Gasteiger partial charge in [0.2, 0.25) is 5.96 Å². The summed E-state index contributed by atoms with van der Waals surface area (Å²) >= 11 is 1.70. The van der Waals surface area contributed by atoms with Crippen molar-refractivity contribution in [3.05, 3.63) is 22.4 Å². The average molecular weight is 239 g/mol. The van der Waals surface area contributed by atoms with Crippen molar-refractivity contribution in [1.29, 1.82) is 0 Å². The van der Waals surface area contributed by atoms with Gasteiger partial charge in [0.1, 0.15) is 0 Å². The van der Waals surface area contributed by atoms with Crippen molar-refractivity contribution in [3.8, 4) is 0 Å². The summed E-state index contributed by atoms with van der Waals surface area (Å²) in [5, 5.41) is 4.20. The topological polar surface area (TPSA) is 103 Å². The molecule has 0 spiro atoms. The molecule has 0 amide bonds. The van der Waals surface area contributed by atoms with Gasteiger partial charge in [-0.1, -0.05) is 0 Å². The van der Waals surface area contributed by atoms with Crippen molar-refractivity contribution < 1.29 is 0 Å². The molecule has 0 aliphatic heterocycles. The first-order valence-corrected chi connectivity index (χ1v) is 5.96. The maximum Gasteiger partial charge on any atom is 0.218 e. The Hall–Kier alpha value is -1.56. The van der Waals surface area contributed by atoms with E-state index in [1.165, 1.54) is 5.56 Å². The Kier molecular flexibility index (Phi) is 4.78. The number of thiophene rings is 1. The highest BCUT2D eigenvalue weighted by atomic mass is 32.1. The molecule has 6 heteroatoms. The fraction of sp³-hybridized carbons (Fsp3) is 0.400. The normalized spacial score (nSPS) is 13.4. The van der Waals surface area contributed by atoms with Crippen LogP contribution in [0.25, 0.3) is 0 Å². The number of nitrogens with two attached hydrogens (primary N) is 3. The first-order valence-electron chi connectivity index (χ1n) is 5.02. The number of nitrogens with zero attached hydrogens (tertiary/aromatic N) is 2. The van der Waals surface area contributed by atoms with Gasteiger partial charge in [0.25, 0.3) is 0 Å². The Labute approximate surface area is 99.1 Å². The molecule has 0 saturated carbocycles. The fourth-order valence-electron chi connectivity index (χ4n) is 1.26. The standard InChI is InChI=1S/C10H17N5S/c1-7(14-10(13)15-9(11)12)2-3-8-4-5-16-6-8/h4-7H,2-3H2,1H3,(H6,11,12,13,14,15). The molecule has 1 atom stereocenters. The molecule has 1 unspecified atom stereocenters. The van der Waals surface area contributed by atoms with Gasteiger partial charge in [-0.3, -0.25) is 0 Å². The Morgan fingerprint density at radius 3 is 2.75 bits per heavy atom. The summed E-state index contributed by atoms with van der Waals surface area (Å²) in [6, 6.07) is 2.23. The molecule has 1 rings (SSSR count). The first kappa shape index (κ1) is 12.5. The number of aliphatic imine (C=N–C) groups is 2. The molecule has 0 aliphatic rings. The molecule has 5 nitrogen and oxygen atoms in total. The molecular formula is C10H17N5S. The quantitative estimate of drug-likeness (QED) is 0.531. The molecule has 1 aromatic rings. The van der Waals surface area contributed by atoms with Crippen LogP contribution in [0.5, 0.6) is 0 Å². The molecule has 0 radical (unpaired) electrons. The minimum Gasteiger partial charge on any atom is -0.370 e. The second kappa shape index (κ2) is 6.12. The number of guanidine groups is 2. The third-order valence-corrected chi connectivity index (χ3v) is 2.76. The minimum atomic E-state index is -0.0636. The van der Waals surface area contributed by atoms with Crippen molar-refractivity contribution in [1.82, 2.24) is 0 Å². The molecule has 0 saturated heterocycles. The fourth-order valence-corrected chi connectivity index (χ4v) is 1.97. The highest BCUT2D eigenvalue weighted by Crippen LogP contribution is 2.10. The van der Waals surface area contributed by atoms with Crippen molar-refractivity contribution in [2.45, 2.75) is 25.8 Å². The van der Waals surface area contributed by atoms with Gasteiger partial charge in [-0.25, -0.2) is 4.99 Å². The first-order chi connectivity index (χ1) is 7.58. The Balaban J connectivity index is 2.41. The van der Waals surface area contributed by atoms with E-state index in [0.717, 1.165) is 12.8 Å². The zero-order chi connectivity index (χ0) is 12.0. The molecule has 88 valence electrons. The summed E-state index contributed by atoms with van der Waals surface area (Å²) in [4.78, 5) is 7.83. The van der Waals surface area contributed by atoms with Gasteiger partial charge >= 0.3 is 0 Å². The summed E-state index contributed by atoms with van der Waals surface area (Å²) in [7, 11) is 0. The lowest BCUT2D eigenvalue weighted by Gasteiger charge is -2.05. The maximum absolute atomic E-state index is 5.53. The number of rotatable bonds is 4. The van der Waals surface area contributed by atoms with E-state index < -0.39 is 0 Å². The second-order valence-electron chi connectivity index (χ2n) is 3.54. The van der Waals surface area contributed by atoms with Crippen molar-refractivity contribution in [2.75, 3.05) is 0 Å². The van der Waals surface area contributed by atoms with Crippen LogP contribution in [0.15, 0.2) is 26.8 Å². The summed E-state index contributed by atoms with van der Waals surface area (Å²) in [5.74, 6) is 0.0732. The Morgan fingerprint density at radius 1 is 1.44 bits per heavy atom. The number of hydrogen-bond donors (Lipinski definition) is 3. The number of hydrogen-bond acceptors (Lipinski definition) is 2. The van der Waals surface area contributed by atoms with Crippen LogP contribution in [0.4, 0.5) is 0 Å². The van der Waals surface area contributed by atoms with Crippen LogP contribution in [0, 0.1) is 0 Å². The van der Waals surface area contributed by atoms with Gasteiger partial charge < -0.3 is 17.2 Å². The predicted octanol–water partition coefficient (Wildman–Crippen LogP) is 0.657. The third-order valence-electron chi connectivity index (χ3n) is 2.03. The zero-order valence-electron chi connectivity index (χ0n) is 9.26. The van der Waals surface area contributed by atoms with E-state index in [0.29, 0.717) is 0 Å². The summed E-state index contributed by atoms with van der Waals surface area (Å²) in [5.41, 5.74) is 17.2. The lowest BCUT2D eigenvalue weighted by Crippen LogP contribution is -2.27. The van der Waals surface area contributed by atoms with Crippen molar-refractivity contribution >= 4 is 23.3 Å². The van der Waals surface area contributed by atoms with E-state index in [2.05, 4.69) is 26.8 Å². The van der Waals surface area contributed by atoms with Crippen LogP contribution in [0.1, 0.15) is 18.9 Å². The van der Waals surface area contributed by atoms with E-state index in [1.54, 1.807) is 11.3 Å². The Bertz CT molecular complexity index is 365. The average Bonchev–Trinajstić information content (AvgIpc) is 2.65. The van der Waals surface area contributed by atoms with E-state index in [-0.39, 0.29) is 18.0 Å². The second-order valence-corrected chi connectivity index (χ2v) is 4.32. The lowest BCUT2D eigenvalue weighted by atomic mass is 10.1. The third kappa shape index (κ3) is 4.79. The monoisotopic (exact) mass is 239 g/mol. The summed E-state index contributed by atoms with van der Waals surface area (Å²) in [6.45, 7) is 1.99. The molecule has 0 aromatic carbocycles. The molecular weight excluding hydrogens is 222 g/mol. The molecule has 6 N–H and O–H groups in total. The molecule has 0 aliphatic carbocycles. The van der Waals surface area contributed by atoms with Crippen LogP contribution in [-0.2, 0) is 6.42 Å². The maximum atomic E-state index is 5.53. The van der Waals surface area contributed by atoms with Crippen molar-refractivity contribution in [3.63, 3.8) is 0 Å². The largest absolute Gasteiger partial charge is 0.370 e. The van der Waals surface area contributed by atoms with E-state index in [4.69, 9.17) is 17.2 Å². The van der Waals surface area contributed by atoms with E-state index in [9.17, 15) is 0 Å². The zero-order valence-corrected chi connectivity index (χ0v) is 10.1. The lowest BCUT2D eigenvalue weighted by molar-refractivity contribution is 0.667. The van der Waals surface area contributed by atoms with Crippen LogP contribution in [0.3, 0.4) is 0 Å². The van der Waals surface area contributed by atoms with Gasteiger partial charge in [0, 0.05) is 0 Å². The summed E-state index contributed by atoms with van der Waals surface area (Å²) < 4.78 is 0. The molecule has 1 heterocycles. The van der Waals surface area contributed by atoms with Gasteiger partial charge in [0.15, 0.2) is 5.96 Å². The van der Waals surface area contributed by atoms with Gasteiger partial charge in [0.05, 0.1) is 6.04 Å². The van der Waals surface area contributed by atoms with Gasteiger partial charge in [-0.05, 0) is 42.2 Å². The Morgan fingerprint density at radius 2 is 2.19 bits per heavy atom. The van der Waals surface area contributed by atoms with Crippen LogP contribution < -0.4 is 17.2 Å². The predicted molar refractivity (Wildman–Crippen MR) is 69.5 cm³/mol. The van der Waals surface area contributed by atoms with Crippen LogP contribution in [0.2, 0.25) is 0 Å². The molecule has 16 heavy (non-hydrogen) atoms. The highest BCUT2D eigenvalue weighted by Gasteiger charge is 2.02. The van der Waals surface area contributed by atoms with E-state index >= 15 is 0 Å². The molecule has 0 bridgehead atoms. The van der Waals surface area contributed by atoms with Crippen LogP contribution >= 0.6 is 11.3 Å². The minimum absolute atomic E-state index is 0.0636.